The maximum absolute atomic E-state index is 12.2. The third-order valence-corrected chi connectivity index (χ3v) is 8.41. The molecule has 2 N–H and O–H groups in total. The number of para-hydroxylation sites is 2. The molecule has 0 aliphatic heterocycles. The predicted octanol–water partition coefficient (Wildman–Crippen LogP) is 3.77. The monoisotopic (exact) mass is 850 g/mol. The van der Waals surface area contributed by atoms with Gasteiger partial charge in [-0.1, -0.05) is 36.4 Å². The van der Waals surface area contributed by atoms with E-state index in [0.29, 0.717) is 17.8 Å². The number of nitrogens with one attached hydrogen (secondary N) is 1. The predicted molar refractivity (Wildman–Crippen MR) is 196 cm³/mol. The fourth-order valence-corrected chi connectivity index (χ4v) is 5.06. The number of ketones is 2. The zero-order chi connectivity index (χ0) is 41.8. The van der Waals surface area contributed by atoms with Crippen LogP contribution in [0.5, 0.6) is 0 Å². The van der Waals surface area contributed by atoms with E-state index in [-0.39, 0.29) is 43.4 Å². The minimum Gasteiger partial charge on any atom is -0.860 e. The molecule has 0 bridgehead atoms. The molecular formula is C32H26CaN8O14S2. The average molecular weight is 851 g/mol. The summed E-state index contributed by atoms with van der Waals surface area (Å²) < 4.78 is 64.2. The molecule has 0 fully saturated rings. The number of amides is 1. The number of Topliss-reactive ketones (excluding diaryl/α,β-unsaturated/α-hetero) is 2. The number of benzene rings is 4. The van der Waals surface area contributed by atoms with Crippen LogP contribution in [0.3, 0.4) is 0 Å². The summed E-state index contributed by atoms with van der Waals surface area (Å²) in [5.41, 5.74) is -1.73. The second-order valence-electron chi connectivity index (χ2n) is 10.8. The first kappa shape index (κ1) is 47.4. The molecule has 2 unspecified atom stereocenters. The molecule has 4 rings (SSSR count). The van der Waals surface area contributed by atoms with Gasteiger partial charge >= 0.3 is 37.7 Å². The molecular weight excluding hydrogens is 825 g/mol. The number of hydrogen-bond acceptors (Lipinski definition) is 18. The summed E-state index contributed by atoms with van der Waals surface area (Å²) in [5.74, 6) is -3.08. The van der Waals surface area contributed by atoms with Gasteiger partial charge in [0.2, 0.25) is 6.04 Å². The van der Waals surface area contributed by atoms with Crippen molar-refractivity contribution < 1.29 is 55.3 Å². The summed E-state index contributed by atoms with van der Waals surface area (Å²) in [7, 11) is -9.58. The molecule has 0 radical (unpaired) electrons. The quantitative estimate of drug-likeness (QED) is 0.0267. The number of nitrogens with zero attached hydrogens (tertiary/aromatic N) is 7. The molecule has 4 aromatic carbocycles. The molecule has 0 spiro atoms. The molecule has 292 valence electrons. The summed E-state index contributed by atoms with van der Waals surface area (Å²) in [6.07, 6.45) is 0. The van der Waals surface area contributed by atoms with Crippen LogP contribution in [0, 0.1) is 20.2 Å². The Balaban J connectivity index is 0.000000387. The Bertz CT molecular complexity index is 2470. The summed E-state index contributed by atoms with van der Waals surface area (Å²) >= 11 is 0. The van der Waals surface area contributed by atoms with E-state index in [1.807, 2.05) is 0 Å². The van der Waals surface area contributed by atoms with E-state index in [9.17, 15) is 61.1 Å². The van der Waals surface area contributed by atoms with Gasteiger partial charge in [-0.25, -0.2) is 8.42 Å². The Hall–Kier alpha value is -5.76. The molecule has 4 aromatic rings. The van der Waals surface area contributed by atoms with Gasteiger partial charge in [0.05, 0.1) is 20.4 Å². The van der Waals surface area contributed by atoms with E-state index in [4.69, 9.17) is 4.55 Å². The zero-order valence-corrected chi connectivity index (χ0v) is 33.1. The van der Waals surface area contributed by atoms with Crippen LogP contribution < -0.4 is 10.4 Å². The Morgan fingerprint density at radius 1 is 0.702 bits per heavy atom. The Morgan fingerprint density at radius 2 is 1.14 bits per heavy atom. The molecule has 0 saturated heterocycles. The first-order chi connectivity index (χ1) is 26.2. The van der Waals surface area contributed by atoms with E-state index in [1.54, 1.807) is 48.5 Å². The maximum atomic E-state index is 12.2. The van der Waals surface area contributed by atoms with E-state index in [1.165, 1.54) is 12.1 Å². The normalized spacial score (nSPS) is 12.7. The van der Waals surface area contributed by atoms with Crippen molar-refractivity contribution in [1.29, 1.82) is 0 Å². The number of carbonyl (C=O) groups excluding carboxylic acids is 3. The summed E-state index contributed by atoms with van der Waals surface area (Å²) in [5, 5.41) is 51.1. The molecule has 0 heterocycles. The van der Waals surface area contributed by atoms with Gasteiger partial charge in [0.1, 0.15) is 15.0 Å². The molecule has 25 heteroatoms. The van der Waals surface area contributed by atoms with Crippen LogP contribution in [0.4, 0.5) is 34.1 Å². The number of nitro benzene ring substituents is 2. The van der Waals surface area contributed by atoms with Gasteiger partial charge < -0.3 is 15.0 Å². The van der Waals surface area contributed by atoms with Crippen LogP contribution in [-0.4, -0.2) is 109 Å². The number of hydrogen-bond donors (Lipinski definition) is 2. The number of aliphatic imine (C=N–C) groups is 1. The van der Waals surface area contributed by atoms with Crippen LogP contribution in [0.15, 0.2) is 132 Å². The largest absolute Gasteiger partial charge is 2.00 e. The number of rotatable bonds is 14. The van der Waals surface area contributed by atoms with Gasteiger partial charge in [0.15, 0.2) is 29.0 Å². The zero-order valence-electron chi connectivity index (χ0n) is 29.3. The summed E-state index contributed by atoms with van der Waals surface area (Å²) in [6, 6.07) is 17.7. The molecule has 57 heavy (non-hydrogen) atoms. The summed E-state index contributed by atoms with van der Waals surface area (Å²) in [6.45, 7) is 2.17. The van der Waals surface area contributed by atoms with Crippen molar-refractivity contribution in [2.24, 2.45) is 25.4 Å². The minimum atomic E-state index is -4.92. The Labute approximate surface area is 352 Å². The van der Waals surface area contributed by atoms with Gasteiger partial charge in [-0.3, -0.25) is 44.2 Å². The smallest absolute Gasteiger partial charge is 0.860 e. The minimum absolute atomic E-state index is 0. The van der Waals surface area contributed by atoms with Crippen molar-refractivity contribution in [1.82, 2.24) is 0 Å². The molecule has 0 aliphatic carbocycles. The van der Waals surface area contributed by atoms with Crippen molar-refractivity contribution in [2.75, 3.05) is 5.32 Å². The van der Waals surface area contributed by atoms with Gasteiger partial charge in [-0.2, -0.15) is 18.6 Å². The first-order valence-electron chi connectivity index (χ1n) is 15.2. The fourth-order valence-electron chi connectivity index (χ4n) is 4.07. The number of azo groups is 2. The number of anilines is 1. The van der Waals surface area contributed by atoms with Crippen LogP contribution in [-0.2, 0) is 34.6 Å². The fraction of sp³-hybridized carbons (Fsp3) is 0.125. The third kappa shape index (κ3) is 14.4. The van der Waals surface area contributed by atoms with Gasteiger partial charge in [0, 0.05) is 17.8 Å². The number of nitro groups is 2. The van der Waals surface area contributed by atoms with Crippen molar-refractivity contribution in [3.8, 4) is 0 Å². The van der Waals surface area contributed by atoms with Gasteiger partial charge in [-0.05, 0) is 68.3 Å². The average Bonchev–Trinajstić information content (AvgIpc) is 3.11. The standard InChI is InChI=1S/2C16H14N4O7S.Ca/c2*1-10(21)15(16(22)17-11-5-3-2-4-6-11)19-18-13-8-7-12(28(25,26)27)9-14(13)20(23)24;/h2*2-9,15H,1H3,(H,17,22)(H,25,26,27);/q;;+2/p-2. The van der Waals surface area contributed by atoms with Crippen LogP contribution in [0.25, 0.3) is 0 Å². The molecule has 0 aromatic heterocycles. The number of carbonyl (C=O) groups is 3. The van der Waals surface area contributed by atoms with E-state index >= 15 is 0 Å². The van der Waals surface area contributed by atoms with Crippen molar-refractivity contribution >= 4 is 115 Å². The molecule has 22 nitrogen and oxygen atoms in total. The SMILES string of the molecule is CC(=O)C(N=Nc1ccc(S(=O)(=O)O)cc1[N+](=O)[O-])C(=O)Nc1ccccc1.CC(=O)C(N=Nc1ccc(S(=O)(=O)[O-])cc1[N+](=O)[O-])C([O-])=Nc1ccccc1.[Ca+2]. The van der Waals surface area contributed by atoms with Crippen LogP contribution >= 0.6 is 0 Å². The van der Waals surface area contributed by atoms with Gasteiger partial charge in [-0.15, -0.1) is 10.2 Å². The second-order valence-corrected chi connectivity index (χ2v) is 13.6. The first-order valence-corrected chi connectivity index (χ1v) is 18.0. The van der Waals surface area contributed by atoms with Crippen molar-refractivity contribution in [3.05, 3.63) is 117 Å². The van der Waals surface area contributed by atoms with E-state index in [0.717, 1.165) is 38.1 Å². The Kier molecular flexibility index (Phi) is 17.4. The van der Waals surface area contributed by atoms with Crippen molar-refractivity contribution in [3.63, 3.8) is 0 Å². The van der Waals surface area contributed by atoms with E-state index < -0.39 is 98.1 Å². The third-order valence-electron chi connectivity index (χ3n) is 6.72. The van der Waals surface area contributed by atoms with Crippen LogP contribution in [0.1, 0.15) is 13.8 Å². The van der Waals surface area contributed by atoms with Crippen molar-refractivity contribution in [2.45, 2.75) is 35.7 Å². The summed E-state index contributed by atoms with van der Waals surface area (Å²) in [4.78, 5) is 58.2. The van der Waals surface area contributed by atoms with E-state index in [2.05, 4.69) is 30.8 Å². The van der Waals surface area contributed by atoms with Crippen LogP contribution in [0.2, 0.25) is 0 Å². The topological polar surface area (TPSA) is 346 Å². The second kappa shape index (κ2) is 21.0. The molecule has 0 saturated carbocycles. The Morgan fingerprint density at radius 3 is 1.58 bits per heavy atom. The molecule has 1 amide bonds. The molecule has 2 atom stereocenters. The molecule has 0 aliphatic rings. The maximum Gasteiger partial charge on any atom is 2.00 e. The van der Waals surface area contributed by atoms with Gasteiger partial charge in [0.25, 0.3) is 27.4 Å².